The molecule has 5 heteroatoms. The van der Waals surface area contributed by atoms with Crippen LogP contribution in [-0.4, -0.2) is 46.8 Å². The Morgan fingerprint density at radius 3 is 3.05 bits per heavy atom. The minimum Gasteiger partial charge on any atom is -0.337 e. The molecule has 0 bridgehead atoms. The predicted molar refractivity (Wildman–Crippen MR) is 81.5 cm³/mol. The van der Waals surface area contributed by atoms with E-state index < -0.39 is 0 Å². The number of carbonyl (C=O) groups is 1. The summed E-state index contributed by atoms with van der Waals surface area (Å²) in [7, 11) is 1.96. The lowest BCUT2D eigenvalue weighted by atomic mass is 10.0. The predicted octanol–water partition coefficient (Wildman–Crippen LogP) is 1.70. The lowest BCUT2D eigenvalue weighted by Gasteiger charge is -2.32. The zero-order valence-electron chi connectivity index (χ0n) is 12.2. The van der Waals surface area contributed by atoms with Gasteiger partial charge in [0.2, 0.25) is 0 Å². The van der Waals surface area contributed by atoms with E-state index in [4.69, 9.17) is 0 Å². The number of aromatic nitrogens is 2. The van der Waals surface area contributed by atoms with Crippen LogP contribution in [0.1, 0.15) is 23.2 Å². The van der Waals surface area contributed by atoms with Crippen LogP contribution >= 0.6 is 0 Å². The molecule has 3 rings (SSSR count). The standard InChI is InChI=1S/C16H20N4O/c1-17-14-6-3-9-19(12-14)16(21)13-5-2-7-15(11-13)20-10-4-8-18-20/h2,4-5,7-8,10-11,14,17H,3,6,9,12H2,1H3. The van der Waals surface area contributed by atoms with E-state index in [0.717, 1.165) is 37.2 Å². The molecule has 110 valence electrons. The highest BCUT2D eigenvalue weighted by atomic mass is 16.2. The van der Waals surface area contributed by atoms with Gasteiger partial charge in [-0.15, -0.1) is 0 Å². The van der Waals surface area contributed by atoms with Crippen molar-refractivity contribution in [3.05, 3.63) is 48.3 Å². The molecule has 1 aliphatic heterocycles. The van der Waals surface area contributed by atoms with Crippen LogP contribution in [0.15, 0.2) is 42.7 Å². The number of piperidine rings is 1. The number of amides is 1. The normalized spacial score (nSPS) is 18.7. The molecule has 1 N–H and O–H groups in total. The van der Waals surface area contributed by atoms with E-state index in [0.29, 0.717) is 6.04 Å². The van der Waals surface area contributed by atoms with Gasteiger partial charge in [-0.1, -0.05) is 6.07 Å². The number of hydrogen-bond acceptors (Lipinski definition) is 3. The number of hydrogen-bond donors (Lipinski definition) is 1. The van der Waals surface area contributed by atoms with Crippen LogP contribution in [0.3, 0.4) is 0 Å². The quantitative estimate of drug-likeness (QED) is 0.933. The smallest absolute Gasteiger partial charge is 0.253 e. The van der Waals surface area contributed by atoms with Crippen LogP contribution in [0.5, 0.6) is 0 Å². The number of benzene rings is 1. The molecule has 21 heavy (non-hydrogen) atoms. The molecule has 0 aliphatic carbocycles. The van der Waals surface area contributed by atoms with Crippen LogP contribution in [0.4, 0.5) is 0 Å². The van der Waals surface area contributed by atoms with Crippen LogP contribution in [0, 0.1) is 0 Å². The third-order valence-corrected chi connectivity index (χ3v) is 3.98. The van der Waals surface area contributed by atoms with Gasteiger partial charge in [0, 0.05) is 37.1 Å². The van der Waals surface area contributed by atoms with Crippen molar-refractivity contribution in [2.45, 2.75) is 18.9 Å². The van der Waals surface area contributed by atoms with E-state index in [-0.39, 0.29) is 5.91 Å². The molecular formula is C16H20N4O. The Labute approximate surface area is 124 Å². The van der Waals surface area contributed by atoms with Crippen molar-refractivity contribution in [3.63, 3.8) is 0 Å². The van der Waals surface area contributed by atoms with Crippen molar-refractivity contribution in [2.24, 2.45) is 0 Å². The number of likely N-dealkylation sites (tertiary alicyclic amines) is 1. The average Bonchev–Trinajstić information content (AvgIpc) is 3.09. The Balaban J connectivity index is 1.80. The van der Waals surface area contributed by atoms with Crippen molar-refractivity contribution in [1.29, 1.82) is 0 Å². The monoisotopic (exact) mass is 284 g/mol. The Bertz CT molecular complexity index is 608. The number of nitrogens with zero attached hydrogens (tertiary/aromatic N) is 3. The van der Waals surface area contributed by atoms with Crippen LogP contribution in [-0.2, 0) is 0 Å². The summed E-state index contributed by atoms with van der Waals surface area (Å²) in [6.07, 6.45) is 5.79. The molecular weight excluding hydrogens is 264 g/mol. The summed E-state index contributed by atoms with van der Waals surface area (Å²) >= 11 is 0. The topological polar surface area (TPSA) is 50.2 Å². The highest BCUT2D eigenvalue weighted by Gasteiger charge is 2.23. The molecule has 1 saturated heterocycles. The Morgan fingerprint density at radius 2 is 2.29 bits per heavy atom. The minimum absolute atomic E-state index is 0.101. The van der Waals surface area contributed by atoms with E-state index in [1.54, 1.807) is 10.9 Å². The summed E-state index contributed by atoms with van der Waals surface area (Å²) < 4.78 is 1.77. The van der Waals surface area contributed by atoms with Crippen molar-refractivity contribution in [3.8, 4) is 5.69 Å². The average molecular weight is 284 g/mol. The highest BCUT2D eigenvalue weighted by molar-refractivity contribution is 5.94. The highest BCUT2D eigenvalue weighted by Crippen LogP contribution is 2.16. The van der Waals surface area contributed by atoms with Crippen molar-refractivity contribution >= 4 is 5.91 Å². The van der Waals surface area contributed by atoms with Crippen LogP contribution in [0.25, 0.3) is 5.69 Å². The fraction of sp³-hybridized carbons (Fsp3) is 0.375. The summed E-state index contributed by atoms with van der Waals surface area (Å²) in [5.74, 6) is 0.101. The number of likely N-dealkylation sites (N-methyl/N-ethyl adjacent to an activating group) is 1. The second kappa shape index (κ2) is 6.10. The SMILES string of the molecule is CNC1CCCN(C(=O)c2cccc(-n3cccn3)c2)C1. The van der Waals surface area contributed by atoms with Gasteiger partial charge < -0.3 is 10.2 Å². The molecule has 2 aromatic rings. The molecule has 0 spiro atoms. The van der Waals surface area contributed by atoms with Gasteiger partial charge in [0.15, 0.2) is 0 Å². The fourth-order valence-corrected chi connectivity index (χ4v) is 2.78. The Kier molecular flexibility index (Phi) is 4.01. The third-order valence-electron chi connectivity index (χ3n) is 3.98. The molecule has 1 aromatic heterocycles. The van der Waals surface area contributed by atoms with Gasteiger partial charge in [0.1, 0.15) is 0 Å². The summed E-state index contributed by atoms with van der Waals surface area (Å²) in [6, 6.07) is 9.91. The van der Waals surface area contributed by atoms with E-state index in [1.165, 1.54) is 0 Å². The first kappa shape index (κ1) is 13.8. The lowest BCUT2D eigenvalue weighted by molar-refractivity contribution is 0.0698. The summed E-state index contributed by atoms with van der Waals surface area (Å²) in [5.41, 5.74) is 1.63. The molecule has 2 heterocycles. The third kappa shape index (κ3) is 2.97. The summed E-state index contributed by atoms with van der Waals surface area (Å²) in [4.78, 5) is 14.6. The Hall–Kier alpha value is -2.14. The maximum Gasteiger partial charge on any atom is 0.253 e. The fourth-order valence-electron chi connectivity index (χ4n) is 2.78. The number of nitrogens with one attached hydrogen (secondary N) is 1. The van der Waals surface area contributed by atoms with Gasteiger partial charge in [0.05, 0.1) is 5.69 Å². The van der Waals surface area contributed by atoms with E-state index in [1.807, 2.05) is 48.5 Å². The number of carbonyl (C=O) groups excluding carboxylic acids is 1. The largest absolute Gasteiger partial charge is 0.337 e. The first-order valence-electron chi connectivity index (χ1n) is 7.34. The molecule has 1 aromatic carbocycles. The maximum absolute atomic E-state index is 12.7. The molecule has 0 saturated carbocycles. The second-order valence-corrected chi connectivity index (χ2v) is 5.38. The van der Waals surface area contributed by atoms with Gasteiger partial charge in [-0.25, -0.2) is 4.68 Å². The van der Waals surface area contributed by atoms with Gasteiger partial charge in [-0.2, -0.15) is 5.10 Å². The number of rotatable bonds is 3. The molecule has 1 unspecified atom stereocenters. The zero-order chi connectivity index (χ0) is 14.7. The van der Waals surface area contributed by atoms with E-state index in [2.05, 4.69) is 10.4 Å². The van der Waals surface area contributed by atoms with E-state index in [9.17, 15) is 4.79 Å². The first-order valence-corrected chi connectivity index (χ1v) is 7.34. The molecule has 1 fully saturated rings. The molecule has 1 aliphatic rings. The van der Waals surface area contributed by atoms with Crippen molar-refractivity contribution in [2.75, 3.05) is 20.1 Å². The Morgan fingerprint density at radius 1 is 1.38 bits per heavy atom. The molecule has 5 nitrogen and oxygen atoms in total. The van der Waals surface area contributed by atoms with Crippen molar-refractivity contribution < 1.29 is 4.79 Å². The van der Waals surface area contributed by atoms with Crippen LogP contribution in [0.2, 0.25) is 0 Å². The lowest BCUT2D eigenvalue weighted by Crippen LogP contribution is -2.46. The van der Waals surface area contributed by atoms with Crippen LogP contribution < -0.4 is 5.32 Å². The summed E-state index contributed by atoms with van der Waals surface area (Å²) in [5, 5.41) is 7.47. The summed E-state index contributed by atoms with van der Waals surface area (Å²) in [6.45, 7) is 1.62. The second-order valence-electron chi connectivity index (χ2n) is 5.38. The maximum atomic E-state index is 12.7. The molecule has 0 radical (unpaired) electrons. The van der Waals surface area contributed by atoms with Gasteiger partial charge in [-0.05, 0) is 44.2 Å². The van der Waals surface area contributed by atoms with Gasteiger partial charge >= 0.3 is 0 Å². The van der Waals surface area contributed by atoms with Gasteiger partial charge in [-0.3, -0.25) is 4.79 Å². The van der Waals surface area contributed by atoms with E-state index >= 15 is 0 Å². The van der Waals surface area contributed by atoms with Crippen molar-refractivity contribution in [1.82, 2.24) is 20.0 Å². The molecule has 1 atom stereocenters. The van der Waals surface area contributed by atoms with Gasteiger partial charge in [0.25, 0.3) is 5.91 Å². The first-order chi connectivity index (χ1) is 10.3. The minimum atomic E-state index is 0.101. The zero-order valence-corrected chi connectivity index (χ0v) is 12.2. The molecule has 1 amide bonds.